The minimum absolute atomic E-state index is 0.729. The Bertz CT molecular complexity index is 861. The summed E-state index contributed by atoms with van der Waals surface area (Å²) in [5.41, 5.74) is 3.30. The zero-order chi connectivity index (χ0) is 18.5. The summed E-state index contributed by atoms with van der Waals surface area (Å²) in [6.45, 7) is 5.71. The van der Waals surface area contributed by atoms with E-state index in [-0.39, 0.29) is 0 Å². The van der Waals surface area contributed by atoms with Gasteiger partial charge in [-0.1, -0.05) is 12.8 Å². The van der Waals surface area contributed by atoms with E-state index < -0.39 is 0 Å². The number of aromatic nitrogens is 3. The number of nitrogens with one attached hydrogen (secondary N) is 2. The number of anilines is 1. The number of furan rings is 1. The van der Waals surface area contributed by atoms with E-state index in [0.717, 1.165) is 54.8 Å². The van der Waals surface area contributed by atoms with Crippen molar-refractivity contribution in [2.45, 2.75) is 45.7 Å². The molecule has 6 nitrogen and oxygen atoms in total. The minimum atomic E-state index is 0.729. The fraction of sp³-hybridized carbons (Fsp3) is 0.429. The number of H-pyrrole nitrogens is 1. The molecule has 6 heteroatoms. The maximum Gasteiger partial charge on any atom is 0.152 e. The number of aromatic amines is 1. The summed E-state index contributed by atoms with van der Waals surface area (Å²) in [7, 11) is 0. The predicted octanol–water partition coefficient (Wildman–Crippen LogP) is 4.04. The van der Waals surface area contributed by atoms with E-state index in [1.54, 1.807) is 0 Å². The maximum absolute atomic E-state index is 5.71. The highest BCUT2D eigenvalue weighted by Crippen LogP contribution is 2.23. The third-order valence-electron chi connectivity index (χ3n) is 5.09. The normalized spacial score (nSPS) is 15.1. The number of rotatable bonds is 6. The predicted molar refractivity (Wildman–Crippen MR) is 106 cm³/mol. The highest BCUT2D eigenvalue weighted by Gasteiger charge is 2.12. The zero-order valence-electron chi connectivity index (χ0n) is 15.9. The average Bonchev–Trinajstić information content (AvgIpc) is 3.22. The van der Waals surface area contributed by atoms with Crippen molar-refractivity contribution in [3.8, 4) is 11.5 Å². The molecule has 0 aromatic carbocycles. The molecule has 1 aliphatic rings. The molecule has 0 amide bonds. The Morgan fingerprint density at radius 3 is 2.74 bits per heavy atom. The van der Waals surface area contributed by atoms with Gasteiger partial charge in [0.25, 0.3) is 0 Å². The first-order valence-corrected chi connectivity index (χ1v) is 9.79. The van der Waals surface area contributed by atoms with Crippen LogP contribution in [0.3, 0.4) is 0 Å². The zero-order valence-corrected chi connectivity index (χ0v) is 15.9. The monoisotopic (exact) mass is 365 g/mol. The second-order valence-corrected chi connectivity index (χ2v) is 7.21. The SMILES string of the molecule is Cc1ccc(-c2[nH]ncc2CNCc2ccnc(N3CCCCCC3)c2)o1. The van der Waals surface area contributed by atoms with Gasteiger partial charge < -0.3 is 14.6 Å². The van der Waals surface area contributed by atoms with Crippen LogP contribution in [0, 0.1) is 6.92 Å². The Morgan fingerprint density at radius 1 is 1.11 bits per heavy atom. The third kappa shape index (κ3) is 4.39. The van der Waals surface area contributed by atoms with Gasteiger partial charge in [0.2, 0.25) is 0 Å². The van der Waals surface area contributed by atoms with Gasteiger partial charge in [0, 0.05) is 37.9 Å². The van der Waals surface area contributed by atoms with Crippen LogP contribution in [0.5, 0.6) is 0 Å². The molecule has 1 aliphatic heterocycles. The van der Waals surface area contributed by atoms with Gasteiger partial charge in [-0.3, -0.25) is 5.10 Å². The first kappa shape index (κ1) is 17.8. The van der Waals surface area contributed by atoms with Crippen molar-refractivity contribution < 1.29 is 4.42 Å². The maximum atomic E-state index is 5.71. The highest BCUT2D eigenvalue weighted by atomic mass is 16.3. The fourth-order valence-corrected chi connectivity index (χ4v) is 3.61. The molecular weight excluding hydrogens is 338 g/mol. The number of nitrogens with zero attached hydrogens (tertiary/aromatic N) is 3. The lowest BCUT2D eigenvalue weighted by atomic mass is 10.2. The first-order chi connectivity index (χ1) is 13.3. The van der Waals surface area contributed by atoms with Crippen molar-refractivity contribution in [3.63, 3.8) is 0 Å². The van der Waals surface area contributed by atoms with Crippen molar-refractivity contribution >= 4 is 5.82 Å². The molecule has 0 aliphatic carbocycles. The Morgan fingerprint density at radius 2 is 1.96 bits per heavy atom. The van der Waals surface area contributed by atoms with E-state index in [2.05, 4.69) is 37.5 Å². The van der Waals surface area contributed by atoms with Crippen LogP contribution in [-0.2, 0) is 13.1 Å². The molecule has 27 heavy (non-hydrogen) atoms. The van der Waals surface area contributed by atoms with E-state index in [1.807, 2.05) is 31.5 Å². The van der Waals surface area contributed by atoms with Gasteiger partial charge in [0.05, 0.1) is 6.20 Å². The molecule has 142 valence electrons. The van der Waals surface area contributed by atoms with E-state index in [9.17, 15) is 0 Å². The van der Waals surface area contributed by atoms with Gasteiger partial charge in [-0.05, 0) is 49.6 Å². The van der Waals surface area contributed by atoms with Gasteiger partial charge in [0.1, 0.15) is 17.3 Å². The lowest BCUT2D eigenvalue weighted by Gasteiger charge is -2.21. The Kier molecular flexibility index (Phi) is 5.53. The smallest absolute Gasteiger partial charge is 0.152 e. The van der Waals surface area contributed by atoms with Crippen LogP contribution in [0.2, 0.25) is 0 Å². The quantitative estimate of drug-likeness (QED) is 0.690. The molecule has 1 fully saturated rings. The van der Waals surface area contributed by atoms with E-state index in [1.165, 1.54) is 31.2 Å². The Labute approximate surface area is 160 Å². The van der Waals surface area contributed by atoms with Crippen molar-refractivity contribution in [1.29, 1.82) is 0 Å². The van der Waals surface area contributed by atoms with Crippen LogP contribution in [0.25, 0.3) is 11.5 Å². The topological polar surface area (TPSA) is 70.0 Å². The summed E-state index contributed by atoms with van der Waals surface area (Å²) < 4.78 is 5.71. The fourth-order valence-electron chi connectivity index (χ4n) is 3.61. The molecule has 4 heterocycles. The van der Waals surface area contributed by atoms with Crippen LogP contribution in [0.1, 0.15) is 42.6 Å². The summed E-state index contributed by atoms with van der Waals surface area (Å²) in [5.74, 6) is 2.83. The van der Waals surface area contributed by atoms with Gasteiger partial charge in [-0.15, -0.1) is 0 Å². The van der Waals surface area contributed by atoms with Crippen LogP contribution < -0.4 is 10.2 Å². The molecule has 0 unspecified atom stereocenters. The molecule has 0 saturated carbocycles. The third-order valence-corrected chi connectivity index (χ3v) is 5.09. The van der Waals surface area contributed by atoms with E-state index in [4.69, 9.17) is 4.42 Å². The average molecular weight is 365 g/mol. The molecule has 3 aromatic rings. The summed E-state index contributed by atoms with van der Waals surface area (Å²) >= 11 is 0. The number of pyridine rings is 1. The summed E-state index contributed by atoms with van der Waals surface area (Å²) in [6.07, 6.45) is 8.97. The largest absolute Gasteiger partial charge is 0.460 e. The van der Waals surface area contributed by atoms with E-state index in [0.29, 0.717) is 0 Å². The molecule has 0 atom stereocenters. The Balaban J connectivity index is 1.37. The minimum Gasteiger partial charge on any atom is -0.460 e. The van der Waals surface area contributed by atoms with Crippen molar-refractivity contribution in [3.05, 3.63) is 53.5 Å². The van der Waals surface area contributed by atoms with Gasteiger partial charge in [-0.2, -0.15) is 5.10 Å². The number of hydrogen-bond donors (Lipinski definition) is 2. The summed E-state index contributed by atoms with van der Waals surface area (Å²) in [6, 6.07) is 8.24. The van der Waals surface area contributed by atoms with Crippen molar-refractivity contribution in [2.75, 3.05) is 18.0 Å². The van der Waals surface area contributed by atoms with Gasteiger partial charge in [0.15, 0.2) is 5.76 Å². The molecule has 3 aromatic heterocycles. The lowest BCUT2D eigenvalue weighted by Crippen LogP contribution is -2.25. The second-order valence-electron chi connectivity index (χ2n) is 7.21. The van der Waals surface area contributed by atoms with Crippen molar-refractivity contribution in [2.24, 2.45) is 0 Å². The number of hydrogen-bond acceptors (Lipinski definition) is 5. The van der Waals surface area contributed by atoms with Crippen LogP contribution >= 0.6 is 0 Å². The lowest BCUT2D eigenvalue weighted by molar-refractivity contribution is 0.545. The molecule has 1 saturated heterocycles. The molecular formula is C21H27N5O. The van der Waals surface area contributed by atoms with Gasteiger partial charge in [-0.25, -0.2) is 4.98 Å². The van der Waals surface area contributed by atoms with Crippen LogP contribution in [0.15, 0.2) is 41.1 Å². The first-order valence-electron chi connectivity index (χ1n) is 9.79. The molecule has 0 radical (unpaired) electrons. The second kappa shape index (κ2) is 8.39. The highest BCUT2D eigenvalue weighted by molar-refractivity contribution is 5.56. The van der Waals surface area contributed by atoms with Crippen LogP contribution in [0.4, 0.5) is 5.82 Å². The molecule has 0 bridgehead atoms. The number of aryl methyl sites for hydroxylation is 1. The molecule has 0 spiro atoms. The van der Waals surface area contributed by atoms with Crippen LogP contribution in [-0.4, -0.2) is 28.3 Å². The van der Waals surface area contributed by atoms with Gasteiger partial charge >= 0.3 is 0 Å². The Hall–Kier alpha value is -2.60. The molecule has 4 rings (SSSR count). The molecule has 2 N–H and O–H groups in total. The summed E-state index contributed by atoms with van der Waals surface area (Å²) in [5, 5.41) is 10.7. The van der Waals surface area contributed by atoms with Crippen molar-refractivity contribution in [1.82, 2.24) is 20.5 Å². The summed E-state index contributed by atoms with van der Waals surface area (Å²) in [4.78, 5) is 7.01. The van der Waals surface area contributed by atoms with E-state index >= 15 is 0 Å². The standard InChI is InChI=1S/C21H27N5O/c1-16-6-7-19(27-16)21-18(15-24-25-21)14-22-13-17-8-9-23-20(12-17)26-10-4-2-3-5-11-26/h6-9,12,15,22H,2-5,10-11,13-14H2,1H3,(H,24,25).